The molecular formula is C10H7F2N3OS. The van der Waals surface area contributed by atoms with Gasteiger partial charge in [0.25, 0.3) is 5.56 Å². The predicted octanol–water partition coefficient (Wildman–Crippen LogP) is 1.78. The molecule has 0 saturated carbocycles. The highest BCUT2D eigenvalue weighted by atomic mass is 32.2. The number of benzene rings is 1. The number of aromatic nitrogens is 2. The molecule has 7 heteroatoms. The van der Waals surface area contributed by atoms with Crippen molar-refractivity contribution >= 4 is 17.4 Å². The summed E-state index contributed by atoms with van der Waals surface area (Å²) >= 11 is 0.762. The minimum atomic E-state index is -1.05. The number of nitrogens with zero attached hydrogens (tertiary/aromatic N) is 1. The summed E-state index contributed by atoms with van der Waals surface area (Å²) in [4.78, 5) is 17.1. The Balaban J connectivity index is 2.43. The van der Waals surface area contributed by atoms with Crippen molar-refractivity contribution < 1.29 is 8.78 Å². The molecule has 0 aliphatic rings. The number of halogens is 2. The summed E-state index contributed by atoms with van der Waals surface area (Å²) in [5.74, 6) is -2.05. The minimum absolute atomic E-state index is 0.0837. The van der Waals surface area contributed by atoms with Crippen molar-refractivity contribution in [1.82, 2.24) is 9.97 Å². The number of H-pyrrole nitrogens is 1. The molecule has 0 aliphatic carbocycles. The largest absolute Gasteiger partial charge is 0.398 e. The molecule has 2 aromatic rings. The molecule has 17 heavy (non-hydrogen) atoms. The third-order valence-electron chi connectivity index (χ3n) is 1.93. The van der Waals surface area contributed by atoms with Gasteiger partial charge in [-0.15, -0.1) is 0 Å². The summed E-state index contributed by atoms with van der Waals surface area (Å²) < 4.78 is 26.5. The van der Waals surface area contributed by atoms with Gasteiger partial charge in [-0.3, -0.25) is 4.79 Å². The van der Waals surface area contributed by atoms with Crippen LogP contribution in [-0.4, -0.2) is 9.97 Å². The highest BCUT2D eigenvalue weighted by molar-refractivity contribution is 7.99. The van der Waals surface area contributed by atoms with E-state index in [2.05, 4.69) is 9.97 Å². The molecule has 0 aliphatic heterocycles. The molecule has 88 valence electrons. The van der Waals surface area contributed by atoms with Crippen molar-refractivity contribution in [2.24, 2.45) is 0 Å². The van der Waals surface area contributed by atoms with Gasteiger partial charge in [0.2, 0.25) is 0 Å². The Morgan fingerprint density at radius 1 is 1.29 bits per heavy atom. The van der Waals surface area contributed by atoms with E-state index in [0.717, 1.165) is 17.8 Å². The Bertz CT molecular complexity index is 615. The summed E-state index contributed by atoms with van der Waals surface area (Å²) in [6.45, 7) is 0. The lowest BCUT2D eigenvalue weighted by Crippen LogP contribution is -2.05. The fourth-order valence-corrected chi connectivity index (χ4v) is 1.98. The molecule has 0 spiro atoms. The third-order valence-corrected chi connectivity index (χ3v) is 2.95. The number of nitrogens with two attached hydrogens (primary N) is 1. The van der Waals surface area contributed by atoms with Crippen LogP contribution < -0.4 is 11.3 Å². The van der Waals surface area contributed by atoms with Crippen LogP contribution in [0.5, 0.6) is 0 Å². The van der Waals surface area contributed by atoms with E-state index in [9.17, 15) is 13.6 Å². The summed E-state index contributed by atoms with van der Waals surface area (Å²) in [7, 11) is 0. The highest BCUT2D eigenvalue weighted by Gasteiger charge is 2.14. The fraction of sp³-hybridized carbons (Fsp3) is 0. The first-order chi connectivity index (χ1) is 8.08. The van der Waals surface area contributed by atoms with Gasteiger partial charge in [0.1, 0.15) is 0 Å². The Labute approximate surface area is 98.9 Å². The topological polar surface area (TPSA) is 71.8 Å². The van der Waals surface area contributed by atoms with Gasteiger partial charge in [0.15, 0.2) is 16.8 Å². The van der Waals surface area contributed by atoms with E-state index in [-0.39, 0.29) is 21.3 Å². The lowest BCUT2D eigenvalue weighted by molar-refractivity contribution is 0.492. The molecule has 1 aromatic heterocycles. The molecule has 0 saturated heterocycles. The Hall–Kier alpha value is -1.89. The van der Waals surface area contributed by atoms with Crippen molar-refractivity contribution in [3.63, 3.8) is 0 Å². The van der Waals surface area contributed by atoms with Crippen LogP contribution in [0.15, 0.2) is 39.2 Å². The number of aromatic amines is 1. The van der Waals surface area contributed by atoms with Gasteiger partial charge in [-0.05, 0) is 23.9 Å². The number of hydrogen-bond donors (Lipinski definition) is 2. The Morgan fingerprint density at radius 3 is 2.76 bits per heavy atom. The van der Waals surface area contributed by atoms with Crippen molar-refractivity contribution in [1.29, 1.82) is 0 Å². The van der Waals surface area contributed by atoms with Crippen LogP contribution in [0.2, 0.25) is 0 Å². The van der Waals surface area contributed by atoms with E-state index < -0.39 is 11.6 Å². The van der Waals surface area contributed by atoms with Gasteiger partial charge in [0.05, 0.1) is 4.90 Å². The van der Waals surface area contributed by atoms with Crippen molar-refractivity contribution in [3.8, 4) is 0 Å². The lowest BCUT2D eigenvalue weighted by atomic mass is 10.3. The molecule has 4 nitrogen and oxygen atoms in total. The first-order valence-electron chi connectivity index (χ1n) is 4.54. The van der Waals surface area contributed by atoms with Crippen LogP contribution in [0.4, 0.5) is 14.5 Å². The number of rotatable bonds is 2. The van der Waals surface area contributed by atoms with Crippen LogP contribution in [-0.2, 0) is 0 Å². The first-order valence-corrected chi connectivity index (χ1v) is 5.36. The van der Waals surface area contributed by atoms with Gasteiger partial charge in [-0.1, -0.05) is 0 Å². The molecule has 0 atom stereocenters. The summed E-state index contributed by atoms with van der Waals surface area (Å²) in [6.07, 6.45) is 1.27. The zero-order chi connectivity index (χ0) is 12.4. The third kappa shape index (κ3) is 2.44. The van der Waals surface area contributed by atoms with E-state index in [1.54, 1.807) is 0 Å². The van der Waals surface area contributed by atoms with Crippen molar-refractivity contribution in [2.75, 3.05) is 5.73 Å². The van der Waals surface area contributed by atoms with E-state index >= 15 is 0 Å². The number of nitrogen functional groups attached to an aromatic ring is 1. The molecule has 0 unspecified atom stereocenters. The van der Waals surface area contributed by atoms with Crippen molar-refractivity contribution in [2.45, 2.75) is 10.1 Å². The molecule has 0 amide bonds. The minimum Gasteiger partial charge on any atom is -0.398 e. The zero-order valence-corrected chi connectivity index (χ0v) is 9.22. The zero-order valence-electron chi connectivity index (χ0n) is 8.41. The SMILES string of the molecule is Nc1ccc(F)c(F)c1Sc1nccc(=O)[nH]1. The van der Waals surface area contributed by atoms with E-state index in [1.165, 1.54) is 18.3 Å². The number of anilines is 1. The lowest BCUT2D eigenvalue weighted by Gasteiger charge is -2.06. The van der Waals surface area contributed by atoms with Gasteiger partial charge in [0, 0.05) is 18.0 Å². The normalized spacial score (nSPS) is 10.5. The van der Waals surface area contributed by atoms with Gasteiger partial charge < -0.3 is 10.7 Å². The molecule has 1 aromatic carbocycles. The van der Waals surface area contributed by atoms with Gasteiger partial charge in [-0.2, -0.15) is 0 Å². The maximum absolute atomic E-state index is 13.5. The maximum Gasteiger partial charge on any atom is 0.251 e. The predicted molar refractivity (Wildman–Crippen MR) is 59.8 cm³/mol. The second-order valence-corrected chi connectivity index (χ2v) is 4.12. The van der Waals surface area contributed by atoms with Crippen molar-refractivity contribution in [3.05, 3.63) is 46.4 Å². The summed E-state index contributed by atoms with van der Waals surface area (Å²) in [6, 6.07) is 3.41. The Morgan fingerprint density at radius 2 is 2.06 bits per heavy atom. The fourth-order valence-electron chi connectivity index (χ4n) is 1.15. The summed E-state index contributed by atoms with van der Waals surface area (Å²) in [5, 5.41) is 0.147. The van der Waals surface area contributed by atoms with Crippen LogP contribution in [0.25, 0.3) is 0 Å². The highest BCUT2D eigenvalue weighted by Crippen LogP contribution is 2.32. The molecule has 0 bridgehead atoms. The molecule has 2 rings (SSSR count). The number of nitrogens with one attached hydrogen (secondary N) is 1. The van der Waals surface area contributed by atoms with E-state index in [4.69, 9.17) is 5.73 Å². The van der Waals surface area contributed by atoms with Crippen LogP contribution in [0.1, 0.15) is 0 Å². The van der Waals surface area contributed by atoms with E-state index in [0.29, 0.717) is 0 Å². The Kier molecular flexibility index (Phi) is 3.10. The quantitative estimate of drug-likeness (QED) is 0.634. The molecular weight excluding hydrogens is 248 g/mol. The molecule has 0 fully saturated rings. The monoisotopic (exact) mass is 255 g/mol. The second-order valence-electron chi connectivity index (χ2n) is 3.12. The van der Waals surface area contributed by atoms with E-state index in [1.807, 2.05) is 0 Å². The second kappa shape index (κ2) is 4.54. The van der Waals surface area contributed by atoms with Gasteiger partial charge >= 0.3 is 0 Å². The summed E-state index contributed by atoms with van der Waals surface area (Å²) in [5.41, 5.74) is 5.24. The van der Waals surface area contributed by atoms with Crippen LogP contribution in [0, 0.1) is 11.6 Å². The number of hydrogen-bond acceptors (Lipinski definition) is 4. The van der Waals surface area contributed by atoms with Crippen LogP contribution in [0.3, 0.4) is 0 Å². The average Bonchev–Trinajstić information content (AvgIpc) is 2.30. The average molecular weight is 255 g/mol. The van der Waals surface area contributed by atoms with Gasteiger partial charge in [-0.25, -0.2) is 13.8 Å². The van der Waals surface area contributed by atoms with Crippen LogP contribution >= 0.6 is 11.8 Å². The molecule has 1 heterocycles. The standard InChI is InChI=1S/C10H7F2N3OS/c11-5-1-2-6(13)9(8(5)12)17-10-14-4-3-7(16)15-10/h1-4H,13H2,(H,14,15,16). The molecule has 3 N–H and O–H groups in total. The molecule has 0 radical (unpaired) electrons. The smallest absolute Gasteiger partial charge is 0.251 e. The first kappa shape index (κ1) is 11.6. The maximum atomic E-state index is 13.5.